The maximum atomic E-state index is 12.8. The van der Waals surface area contributed by atoms with E-state index in [0.29, 0.717) is 0 Å². The van der Waals surface area contributed by atoms with E-state index in [-0.39, 0.29) is 35.0 Å². The number of fused-ring (bicyclic) bond motifs is 1. The van der Waals surface area contributed by atoms with E-state index in [9.17, 15) is 30.3 Å². The normalized spacial score (nSPS) is 29.7. The summed E-state index contributed by atoms with van der Waals surface area (Å²) in [5.41, 5.74) is 0.716. The Balaban J connectivity index is 1.68. The van der Waals surface area contributed by atoms with Gasteiger partial charge < -0.3 is 44.5 Å². The van der Waals surface area contributed by atoms with Gasteiger partial charge in [-0.1, -0.05) is 30.3 Å². The van der Waals surface area contributed by atoms with Crippen LogP contribution in [0.4, 0.5) is 0 Å². The van der Waals surface area contributed by atoms with Crippen LogP contribution in [0.5, 0.6) is 23.0 Å². The van der Waals surface area contributed by atoms with Gasteiger partial charge in [0.25, 0.3) is 0 Å². The second-order valence-corrected chi connectivity index (χ2v) is 7.59. The van der Waals surface area contributed by atoms with E-state index in [4.69, 9.17) is 18.9 Å². The zero-order chi connectivity index (χ0) is 23.0. The zero-order valence-corrected chi connectivity index (χ0v) is 17.1. The number of aliphatic hydroxyl groups excluding tert-OH is 4. The van der Waals surface area contributed by atoms with E-state index < -0.39 is 49.2 Å². The summed E-state index contributed by atoms with van der Waals surface area (Å²) < 4.78 is 22.1. The molecule has 0 radical (unpaired) electrons. The number of methoxy groups -OCH3 is 1. The number of rotatable bonds is 5. The average molecular weight is 448 g/mol. The molecule has 2 heterocycles. The van der Waals surface area contributed by atoms with Crippen molar-refractivity contribution in [1.29, 1.82) is 0 Å². The molecule has 0 amide bonds. The summed E-state index contributed by atoms with van der Waals surface area (Å²) in [4.78, 5) is 12.8. The molecule has 32 heavy (non-hydrogen) atoms. The van der Waals surface area contributed by atoms with Gasteiger partial charge in [0.2, 0.25) is 12.0 Å². The van der Waals surface area contributed by atoms with Gasteiger partial charge >= 0.3 is 0 Å². The van der Waals surface area contributed by atoms with E-state index in [2.05, 4.69) is 0 Å². The van der Waals surface area contributed by atoms with Gasteiger partial charge in [-0.2, -0.15) is 0 Å². The van der Waals surface area contributed by atoms with Crippen molar-refractivity contribution < 1.29 is 49.3 Å². The molecule has 0 aliphatic carbocycles. The van der Waals surface area contributed by atoms with Crippen LogP contribution >= 0.6 is 0 Å². The molecule has 2 aliphatic rings. The Morgan fingerprint density at radius 3 is 2.47 bits per heavy atom. The first-order valence-electron chi connectivity index (χ1n) is 10.0. The monoisotopic (exact) mass is 448 g/mol. The number of hydrogen-bond acceptors (Lipinski definition) is 10. The summed E-state index contributed by atoms with van der Waals surface area (Å²) in [6.07, 6.45) is -8.14. The molecule has 5 N–H and O–H groups in total. The Kier molecular flexibility index (Phi) is 6.22. The largest absolute Gasteiger partial charge is 0.504 e. The lowest BCUT2D eigenvalue weighted by Crippen LogP contribution is -2.60. The number of ether oxygens (including phenoxy) is 4. The third kappa shape index (κ3) is 3.87. The highest BCUT2D eigenvalue weighted by molar-refractivity contribution is 6.03. The third-order valence-corrected chi connectivity index (χ3v) is 5.57. The van der Waals surface area contributed by atoms with Gasteiger partial charge in [-0.25, -0.2) is 0 Å². The molecule has 2 aromatic rings. The molecule has 6 atom stereocenters. The van der Waals surface area contributed by atoms with Gasteiger partial charge in [-0.3, -0.25) is 4.79 Å². The molecule has 172 valence electrons. The first kappa shape index (κ1) is 22.3. The number of phenols is 1. The Morgan fingerprint density at radius 1 is 1.09 bits per heavy atom. The molecule has 10 heteroatoms. The lowest BCUT2D eigenvalue weighted by molar-refractivity contribution is -0.277. The summed E-state index contributed by atoms with van der Waals surface area (Å²) in [5, 5.41) is 50.2. The van der Waals surface area contributed by atoms with Crippen LogP contribution < -0.4 is 14.2 Å². The first-order chi connectivity index (χ1) is 15.3. The van der Waals surface area contributed by atoms with Crippen molar-refractivity contribution >= 4 is 5.78 Å². The van der Waals surface area contributed by atoms with Crippen molar-refractivity contribution in [2.45, 2.75) is 43.2 Å². The highest BCUT2D eigenvalue weighted by Crippen LogP contribution is 2.49. The Morgan fingerprint density at radius 2 is 1.81 bits per heavy atom. The van der Waals surface area contributed by atoms with Gasteiger partial charge in [-0.05, 0) is 5.56 Å². The minimum Gasteiger partial charge on any atom is -0.504 e. The van der Waals surface area contributed by atoms with Crippen LogP contribution in [0, 0.1) is 0 Å². The Labute approximate surface area is 183 Å². The van der Waals surface area contributed by atoms with Gasteiger partial charge in [0, 0.05) is 6.07 Å². The van der Waals surface area contributed by atoms with Crippen LogP contribution in [-0.2, 0) is 4.74 Å². The maximum Gasteiger partial charge on any atom is 0.229 e. The topological polar surface area (TPSA) is 155 Å². The maximum absolute atomic E-state index is 12.8. The molecule has 0 aromatic heterocycles. The zero-order valence-electron chi connectivity index (χ0n) is 17.1. The molecule has 2 aliphatic heterocycles. The number of hydrogen-bond donors (Lipinski definition) is 5. The number of Topliss-reactive ketones (excluding diaryl/α,β-unsaturated/α-hetero) is 1. The minimum atomic E-state index is -1.67. The quantitative estimate of drug-likeness (QED) is 0.431. The summed E-state index contributed by atoms with van der Waals surface area (Å²) >= 11 is 0. The second kappa shape index (κ2) is 8.93. The molecular formula is C22H24O10. The molecule has 10 nitrogen and oxygen atoms in total. The smallest absolute Gasteiger partial charge is 0.229 e. The summed E-state index contributed by atoms with van der Waals surface area (Å²) in [5.74, 6) is -1.13. The molecule has 1 saturated heterocycles. The van der Waals surface area contributed by atoms with Crippen LogP contribution in [-0.4, -0.2) is 75.7 Å². The number of phenolic OH excluding ortho intramolecular Hbond substituents is 1. The summed E-state index contributed by atoms with van der Waals surface area (Å²) in [6, 6.07) is 10.4. The molecule has 0 unspecified atom stereocenters. The highest BCUT2D eigenvalue weighted by atomic mass is 16.7. The molecule has 1 fully saturated rings. The van der Waals surface area contributed by atoms with E-state index in [1.807, 2.05) is 30.3 Å². The standard InChI is InChI=1S/C22H24O10/c1-29-21-14(31-22-20(28)19(27)17(25)15(9-23)32-22)8-13-16(18(21)26)11(24)7-12(30-13)10-5-3-2-4-6-10/h2-6,8,12,15,17,19-20,22-23,25-28H,7,9H2,1H3/t12-,15+,17+,19-,20+,22+/m0/s1. The van der Waals surface area contributed by atoms with Crippen molar-refractivity contribution in [1.82, 2.24) is 0 Å². The number of carbonyl (C=O) groups is 1. The Bertz CT molecular complexity index is 976. The fourth-order valence-electron chi connectivity index (χ4n) is 3.86. The third-order valence-electron chi connectivity index (χ3n) is 5.57. The number of aliphatic hydroxyl groups is 4. The van der Waals surface area contributed by atoms with Crippen LogP contribution in [0.3, 0.4) is 0 Å². The second-order valence-electron chi connectivity index (χ2n) is 7.59. The van der Waals surface area contributed by atoms with Gasteiger partial charge in [0.05, 0.1) is 20.1 Å². The number of ketones is 1. The first-order valence-corrected chi connectivity index (χ1v) is 10.0. The fourth-order valence-corrected chi connectivity index (χ4v) is 3.86. The van der Waals surface area contributed by atoms with E-state index >= 15 is 0 Å². The average Bonchev–Trinajstić information content (AvgIpc) is 2.79. The van der Waals surface area contributed by atoms with Crippen molar-refractivity contribution in [3.8, 4) is 23.0 Å². The summed E-state index contributed by atoms with van der Waals surface area (Å²) in [7, 11) is 1.25. The number of carbonyl (C=O) groups excluding carboxylic acids is 1. The van der Waals surface area contributed by atoms with Crippen LogP contribution in [0.2, 0.25) is 0 Å². The van der Waals surface area contributed by atoms with Crippen molar-refractivity contribution in [2.75, 3.05) is 13.7 Å². The van der Waals surface area contributed by atoms with Gasteiger partial charge in [0.1, 0.15) is 41.8 Å². The molecule has 0 saturated carbocycles. The predicted octanol–water partition coefficient (Wildman–Crippen LogP) is 0.286. The van der Waals surface area contributed by atoms with E-state index in [1.165, 1.54) is 13.2 Å². The predicted molar refractivity (Wildman–Crippen MR) is 108 cm³/mol. The molecule has 4 rings (SSSR count). The van der Waals surface area contributed by atoms with Crippen molar-refractivity contribution in [2.24, 2.45) is 0 Å². The molecular weight excluding hydrogens is 424 g/mol. The molecule has 0 bridgehead atoms. The van der Waals surface area contributed by atoms with Gasteiger partial charge in [0.15, 0.2) is 17.3 Å². The fraction of sp³-hybridized carbons (Fsp3) is 0.409. The van der Waals surface area contributed by atoms with Crippen LogP contribution in [0.25, 0.3) is 0 Å². The van der Waals surface area contributed by atoms with Crippen LogP contribution in [0.1, 0.15) is 28.4 Å². The van der Waals surface area contributed by atoms with E-state index in [1.54, 1.807) is 0 Å². The van der Waals surface area contributed by atoms with Crippen molar-refractivity contribution in [3.05, 3.63) is 47.5 Å². The molecule has 0 spiro atoms. The van der Waals surface area contributed by atoms with Crippen LogP contribution in [0.15, 0.2) is 36.4 Å². The SMILES string of the molecule is COc1c(O[C@@H]2O[C@H](CO)[C@@H](O)[C@H](O)[C@H]2O)cc2c(c1O)C(=O)C[C@@H](c1ccccc1)O2. The summed E-state index contributed by atoms with van der Waals surface area (Å²) in [6.45, 7) is -0.631. The molecule has 2 aromatic carbocycles. The van der Waals surface area contributed by atoms with Crippen molar-refractivity contribution in [3.63, 3.8) is 0 Å². The number of benzene rings is 2. The Hall–Kier alpha value is -2.89. The lowest BCUT2D eigenvalue weighted by atomic mass is 9.95. The highest BCUT2D eigenvalue weighted by Gasteiger charge is 2.45. The lowest BCUT2D eigenvalue weighted by Gasteiger charge is -2.39. The minimum absolute atomic E-state index is 0.0145. The number of aromatic hydroxyl groups is 1. The van der Waals surface area contributed by atoms with Gasteiger partial charge in [-0.15, -0.1) is 0 Å². The van der Waals surface area contributed by atoms with E-state index in [0.717, 1.165) is 5.56 Å².